The highest BCUT2D eigenvalue weighted by Crippen LogP contribution is 2.44. The average molecular weight is 415 g/mol. The fraction of sp³-hybridized carbons (Fsp3) is 0.375. The van der Waals surface area contributed by atoms with Gasteiger partial charge in [-0.1, -0.05) is 29.8 Å². The topological polar surface area (TPSA) is 12.0 Å². The van der Waals surface area contributed by atoms with Gasteiger partial charge in [0.25, 0.3) is 0 Å². The number of hydrogen-bond acceptors (Lipinski definition) is 2. The maximum atomic E-state index is 3.63. The van der Waals surface area contributed by atoms with E-state index in [1.54, 1.807) is 0 Å². The van der Waals surface area contributed by atoms with Crippen molar-refractivity contribution < 1.29 is 0 Å². The predicted octanol–water partition coefficient (Wildman–Crippen LogP) is 5.44. The third-order valence-corrected chi connectivity index (χ3v) is 7.37. The summed E-state index contributed by atoms with van der Waals surface area (Å²) in [4.78, 5) is 1.48. The Bertz CT molecular complexity index is 589. The Labute approximate surface area is 141 Å². The molecule has 2 heterocycles. The SMILES string of the molecule is Cc1cccc(C2CNCCC2c2cc(Br)c(Br)s2)c1. The molecule has 0 radical (unpaired) electrons. The van der Waals surface area contributed by atoms with Gasteiger partial charge in [-0.05, 0) is 63.4 Å². The highest BCUT2D eigenvalue weighted by molar-refractivity contribution is 9.13. The molecule has 2 unspecified atom stereocenters. The fourth-order valence-corrected chi connectivity index (χ4v) is 5.29. The molecule has 2 aromatic rings. The molecular weight excluding hydrogens is 398 g/mol. The molecule has 1 aliphatic rings. The van der Waals surface area contributed by atoms with Crippen LogP contribution < -0.4 is 5.32 Å². The molecule has 0 saturated carbocycles. The van der Waals surface area contributed by atoms with Crippen LogP contribution in [0.4, 0.5) is 0 Å². The van der Waals surface area contributed by atoms with E-state index >= 15 is 0 Å². The van der Waals surface area contributed by atoms with Crippen molar-refractivity contribution in [2.75, 3.05) is 13.1 Å². The van der Waals surface area contributed by atoms with Crippen LogP contribution in [0, 0.1) is 6.92 Å². The van der Waals surface area contributed by atoms with Crippen LogP contribution in [-0.4, -0.2) is 13.1 Å². The summed E-state index contributed by atoms with van der Waals surface area (Å²) in [6, 6.07) is 11.2. The van der Waals surface area contributed by atoms with Gasteiger partial charge >= 0.3 is 0 Å². The number of thiophene rings is 1. The third kappa shape index (κ3) is 3.03. The number of rotatable bonds is 2. The first-order valence-corrected chi connectivity index (χ1v) is 9.27. The van der Waals surface area contributed by atoms with Crippen LogP contribution in [0.5, 0.6) is 0 Å². The predicted molar refractivity (Wildman–Crippen MR) is 93.9 cm³/mol. The molecule has 1 aromatic heterocycles. The van der Waals surface area contributed by atoms with Gasteiger partial charge < -0.3 is 5.32 Å². The minimum atomic E-state index is 0.570. The van der Waals surface area contributed by atoms with Crippen molar-refractivity contribution in [3.63, 3.8) is 0 Å². The maximum absolute atomic E-state index is 3.63. The van der Waals surface area contributed by atoms with E-state index in [0.29, 0.717) is 11.8 Å². The van der Waals surface area contributed by atoms with Gasteiger partial charge in [-0.25, -0.2) is 0 Å². The first-order valence-electron chi connectivity index (χ1n) is 6.87. The van der Waals surface area contributed by atoms with Gasteiger partial charge in [0.2, 0.25) is 0 Å². The summed E-state index contributed by atoms with van der Waals surface area (Å²) in [5.41, 5.74) is 2.81. The number of aryl methyl sites for hydroxylation is 1. The number of piperidine rings is 1. The maximum Gasteiger partial charge on any atom is 0.0843 e. The van der Waals surface area contributed by atoms with E-state index in [2.05, 4.69) is 74.4 Å². The largest absolute Gasteiger partial charge is 0.316 e. The summed E-state index contributed by atoms with van der Waals surface area (Å²) in [6.45, 7) is 4.36. The second-order valence-electron chi connectivity index (χ2n) is 5.39. The van der Waals surface area contributed by atoms with Crippen LogP contribution in [0.25, 0.3) is 0 Å². The smallest absolute Gasteiger partial charge is 0.0843 e. The molecule has 1 aromatic carbocycles. The Morgan fingerprint density at radius 2 is 2.05 bits per heavy atom. The lowest BCUT2D eigenvalue weighted by Gasteiger charge is -2.32. The highest BCUT2D eigenvalue weighted by atomic mass is 79.9. The second-order valence-corrected chi connectivity index (χ2v) is 8.65. The van der Waals surface area contributed by atoms with Crippen molar-refractivity contribution in [3.05, 3.63) is 54.6 Å². The van der Waals surface area contributed by atoms with Crippen molar-refractivity contribution in [1.82, 2.24) is 5.32 Å². The third-order valence-electron chi connectivity index (χ3n) is 3.98. The molecular formula is C16H17Br2NS. The summed E-state index contributed by atoms with van der Waals surface area (Å²) < 4.78 is 2.38. The Morgan fingerprint density at radius 1 is 1.20 bits per heavy atom. The Hall–Kier alpha value is -0.160. The zero-order valence-electron chi connectivity index (χ0n) is 11.3. The lowest BCUT2D eigenvalue weighted by molar-refractivity contribution is 0.408. The van der Waals surface area contributed by atoms with Crippen molar-refractivity contribution in [3.8, 4) is 0 Å². The molecule has 2 atom stereocenters. The van der Waals surface area contributed by atoms with Gasteiger partial charge in [-0.15, -0.1) is 11.3 Å². The quantitative estimate of drug-likeness (QED) is 0.689. The summed E-state index contributed by atoms with van der Waals surface area (Å²) in [5, 5.41) is 3.56. The van der Waals surface area contributed by atoms with E-state index in [-0.39, 0.29) is 0 Å². The van der Waals surface area contributed by atoms with Crippen molar-refractivity contribution >= 4 is 43.2 Å². The summed E-state index contributed by atoms with van der Waals surface area (Å²) in [6.07, 6.45) is 1.21. The number of hydrogen-bond donors (Lipinski definition) is 1. The average Bonchev–Trinajstić information content (AvgIpc) is 2.79. The Morgan fingerprint density at radius 3 is 2.75 bits per heavy atom. The van der Waals surface area contributed by atoms with E-state index in [0.717, 1.165) is 13.1 Å². The molecule has 1 fully saturated rings. The van der Waals surface area contributed by atoms with E-state index in [1.165, 1.54) is 30.7 Å². The van der Waals surface area contributed by atoms with Crippen molar-refractivity contribution in [1.29, 1.82) is 0 Å². The first kappa shape index (κ1) is 14.8. The fourth-order valence-electron chi connectivity index (χ4n) is 3.00. The molecule has 1 nitrogen and oxygen atoms in total. The molecule has 0 amide bonds. The molecule has 0 bridgehead atoms. The second kappa shape index (κ2) is 6.30. The molecule has 0 aliphatic carbocycles. The summed E-state index contributed by atoms with van der Waals surface area (Å²) in [7, 11) is 0. The van der Waals surface area contributed by atoms with Gasteiger partial charge in [0, 0.05) is 27.7 Å². The molecule has 1 aliphatic heterocycles. The van der Waals surface area contributed by atoms with E-state index < -0.39 is 0 Å². The number of nitrogens with one attached hydrogen (secondary N) is 1. The van der Waals surface area contributed by atoms with E-state index in [4.69, 9.17) is 0 Å². The summed E-state index contributed by atoms with van der Waals surface area (Å²) >= 11 is 9.11. The van der Waals surface area contributed by atoms with Gasteiger partial charge in [0.05, 0.1) is 3.79 Å². The Kier molecular flexibility index (Phi) is 4.65. The molecule has 1 N–H and O–H groups in total. The number of halogens is 2. The van der Waals surface area contributed by atoms with Gasteiger partial charge in [-0.3, -0.25) is 0 Å². The van der Waals surface area contributed by atoms with E-state index in [1.807, 2.05) is 11.3 Å². The standard InChI is InChI=1S/C16H17Br2NS/c1-10-3-2-4-11(7-10)13-9-19-6-5-12(13)15-8-14(17)16(18)20-15/h2-4,7-8,12-13,19H,5-6,9H2,1H3. The number of benzene rings is 1. The molecule has 106 valence electrons. The molecule has 3 rings (SSSR count). The lowest BCUT2D eigenvalue weighted by atomic mass is 9.80. The highest BCUT2D eigenvalue weighted by Gasteiger charge is 2.29. The van der Waals surface area contributed by atoms with Crippen LogP contribution in [-0.2, 0) is 0 Å². The van der Waals surface area contributed by atoms with E-state index in [9.17, 15) is 0 Å². The van der Waals surface area contributed by atoms with Gasteiger partial charge in [0.15, 0.2) is 0 Å². The minimum absolute atomic E-state index is 0.570. The molecule has 0 spiro atoms. The molecule has 1 saturated heterocycles. The zero-order chi connectivity index (χ0) is 14.1. The normalized spacial score (nSPS) is 22.9. The van der Waals surface area contributed by atoms with Gasteiger partial charge in [-0.2, -0.15) is 0 Å². The summed E-state index contributed by atoms with van der Waals surface area (Å²) in [5.74, 6) is 1.19. The van der Waals surface area contributed by atoms with Gasteiger partial charge in [0.1, 0.15) is 0 Å². The van der Waals surface area contributed by atoms with Crippen molar-refractivity contribution in [2.24, 2.45) is 0 Å². The first-order chi connectivity index (χ1) is 9.65. The van der Waals surface area contributed by atoms with Crippen LogP contribution in [0.2, 0.25) is 0 Å². The van der Waals surface area contributed by atoms with Crippen molar-refractivity contribution in [2.45, 2.75) is 25.2 Å². The van der Waals surface area contributed by atoms with Crippen LogP contribution >= 0.6 is 43.2 Å². The monoisotopic (exact) mass is 413 g/mol. The van der Waals surface area contributed by atoms with Crippen LogP contribution in [0.1, 0.15) is 34.3 Å². The molecule has 4 heteroatoms. The minimum Gasteiger partial charge on any atom is -0.316 e. The molecule has 20 heavy (non-hydrogen) atoms. The zero-order valence-corrected chi connectivity index (χ0v) is 15.3. The lowest BCUT2D eigenvalue weighted by Crippen LogP contribution is -2.33. The Balaban J connectivity index is 1.95. The van der Waals surface area contributed by atoms with Crippen LogP contribution in [0.3, 0.4) is 0 Å². The van der Waals surface area contributed by atoms with Crippen LogP contribution in [0.15, 0.2) is 38.6 Å².